The maximum Gasteiger partial charge on any atom is 0.207 e. The van der Waals surface area contributed by atoms with Gasteiger partial charge in [0, 0.05) is 13.1 Å². The molecule has 3 rings (SSSR count). The van der Waals surface area contributed by atoms with Gasteiger partial charge in [-0.3, -0.25) is 4.90 Å². The van der Waals surface area contributed by atoms with E-state index in [1.165, 1.54) is 42.8 Å². The number of nitrogens with two attached hydrogens (primary N) is 1. The van der Waals surface area contributed by atoms with Crippen LogP contribution in [0.3, 0.4) is 0 Å². The predicted molar refractivity (Wildman–Crippen MR) is 98.4 cm³/mol. The van der Waals surface area contributed by atoms with Crippen molar-refractivity contribution < 1.29 is 4.74 Å². The first-order chi connectivity index (χ1) is 11.8. The van der Waals surface area contributed by atoms with Crippen LogP contribution in [0.5, 0.6) is 5.75 Å². The van der Waals surface area contributed by atoms with Gasteiger partial charge in [-0.05, 0) is 49.7 Å². The van der Waals surface area contributed by atoms with Crippen LogP contribution >= 0.6 is 11.3 Å². The topological polar surface area (TPSA) is 76.3 Å². The van der Waals surface area contributed by atoms with Crippen molar-refractivity contribution in [3.63, 3.8) is 0 Å². The van der Waals surface area contributed by atoms with E-state index in [-0.39, 0.29) is 0 Å². The molecule has 6 nitrogen and oxygen atoms in total. The SMILES string of the molecule is Nc1nnc(NCC=CCOc2cccc(CN3CCCC3)c2)s1. The van der Waals surface area contributed by atoms with E-state index in [9.17, 15) is 0 Å². The molecule has 24 heavy (non-hydrogen) atoms. The van der Waals surface area contributed by atoms with Crippen LogP contribution in [0.25, 0.3) is 0 Å². The smallest absolute Gasteiger partial charge is 0.207 e. The lowest BCUT2D eigenvalue weighted by atomic mass is 10.2. The van der Waals surface area contributed by atoms with Gasteiger partial charge in [-0.25, -0.2) is 0 Å². The highest BCUT2D eigenvalue weighted by atomic mass is 32.1. The van der Waals surface area contributed by atoms with Gasteiger partial charge in [0.1, 0.15) is 12.4 Å². The van der Waals surface area contributed by atoms with E-state index in [4.69, 9.17) is 10.5 Å². The van der Waals surface area contributed by atoms with E-state index < -0.39 is 0 Å². The first kappa shape index (κ1) is 16.7. The Morgan fingerprint density at radius 1 is 1.25 bits per heavy atom. The van der Waals surface area contributed by atoms with E-state index in [0.717, 1.165) is 17.4 Å². The maximum atomic E-state index is 5.79. The Bertz CT molecular complexity index is 667. The molecule has 1 fully saturated rings. The summed E-state index contributed by atoms with van der Waals surface area (Å²) < 4.78 is 5.79. The Morgan fingerprint density at radius 2 is 2.12 bits per heavy atom. The highest BCUT2D eigenvalue weighted by Gasteiger charge is 2.11. The van der Waals surface area contributed by atoms with Crippen molar-refractivity contribution in [2.45, 2.75) is 19.4 Å². The quantitative estimate of drug-likeness (QED) is 0.717. The van der Waals surface area contributed by atoms with Crippen molar-refractivity contribution in [1.82, 2.24) is 15.1 Å². The molecule has 1 aromatic heterocycles. The predicted octanol–water partition coefficient (Wildman–Crippen LogP) is 2.76. The standard InChI is InChI=1S/C17H23N5OS/c18-16-20-21-17(24-16)19-8-1-4-11-23-15-7-5-6-14(12-15)13-22-9-2-3-10-22/h1,4-7,12H,2-3,8-11,13H2,(H2,18,20)(H,19,21). The second-order valence-electron chi connectivity index (χ2n) is 5.74. The summed E-state index contributed by atoms with van der Waals surface area (Å²) in [5.74, 6) is 0.918. The highest BCUT2D eigenvalue weighted by Crippen LogP contribution is 2.18. The van der Waals surface area contributed by atoms with Crippen molar-refractivity contribution in [1.29, 1.82) is 0 Å². The van der Waals surface area contributed by atoms with Crippen LogP contribution in [0, 0.1) is 0 Å². The number of hydrogen-bond donors (Lipinski definition) is 2. The van der Waals surface area contributed by atoms with E-state index in [0.29, 0.717) is 18.3 Å². The summed E-state index contributed by atoms with van der Waals surface area (Å²) in [5.41, 5.74) is 6.84. The number of hydrogen-bond acceptors (Lipinski definition) is 7. The summed E-state index contributed by atoms with van der Waals surface area (Å²) in [6, 6.07) is 8.36. The molecule has 0 unspecified atom stereocenters. The van der Waals surface area contributed by atoms with Crippen LogP contribution in [0.4, 0.5) is 10.3 Å². The normalized spacial score (nSPS) is 15.2. The van der Waals surface area contributed by atoms with Gasteiger partial charge in [-0.15, -0.1) is 10.2 Å². The Balaban J connectivity index is 1.38. The Morgan fingerprint density at radius 3 is 2.92 bits per heavy atom. The van der Waals surface area contributed by atoms with E-state index in [2.05, 4.69) is 38.6 Å². The first-order valence-electron chi connectivity index (χ1n) is 8.21. The second kappa shape index (κ2) is 8.65. The summed E-state index contributed by atoms with van der Waals surface area (Å²) >= 11 is 1.34. The number of ether oxygens (including phenoxy) is 1. The fraction of sp³-hybridized carbons (Fsp3) is 0.412. The van der Waals surface area contributed by atoms with Gasteiger partial charge < -0.3 is 15.8 Å². The summed E-state index contributed by atoms with van der Waals surface area (Å²) in [7, 11) is 0. The maximum absolute atomic E-state index is 5.79. The molecule has 1 saturated heterocycles. The van der Waals surface area contributed by atoms with Crippen LogP contribution < -0.4 is 15.8 Å². The van der Waals surface area contributed by atoms with E-state index >= 15 is 0 Å². The Hall–Kier alpha value is -2.12. The molecule has 128 valence electrons. The Kier molecular flexibility index (Phi) is 6.03. The van der Waals surface area contributed by atoms with Gasteiger partial charge in [0.05, 0.1) is 0 Å². The number of likely N-dealkylation sites (tertiary alicyclic amines) is 1. The molecular weight excluding hydrogens is 322 g/mol. The van der Waals surface area contributed by atoms with Gasteiger partial charge in [0.2, 0.25) is 10.3 Å². The molecule has 0 saturated carbocycles. The van der Waals surface area contributed by atoms with Crippen molar-refractivity contribution in [3.8, 4) is 5.75 Å². The van der Waals surface area contributed by atoms with Gasteiger partial charge in [0.15, 0.2) is 0 Å². The largest absolute Gasteiger partial charge is 0.490 e. The summed E-state index contributed by atoms with van der Waals surface area (Å²) in [4.78, 5) is 2.49. The lowest BCUT2D eigenvalue weighted by Crippen LogP contribution is -2.18. The average Bonchev–Trinajstić information content (AvgIpc) is 3.23. The number of nitrogens with one attached hydrogen (secondary N) is 1. The molecule has 0 aliphatic carbocycles. The minimum absolute atomic E-state index is 0.471. The van der Waals surface area contributed by atoms with Crippen LogP contribution in [0.2, 0.25) is 0 Å². The summed E-state index contributed by atoms with van der Waals surface area (Å²) in [5, 5.41) is 12.0. The second-order valence-corrected chi connectivity index (χ2v) is 6.75. The monoisotopic (exact) mass is 345 g/mol. The summed E-state index contributed by atoms with van der Waals surface area (Å²) in [6.45, 7) is 4.66. The lowest BCUT2D eigenvalue weighted by Gasteiger charge is -2.15. The van der Waals surface area contributed by atoms with Crippen LogP contribution in [0.1, 0.15) is 18.4 Å². The number of nitrogens with zero attached hydrogens (tertiary/aromatic N) is 3. The zero-order valence-electron chi connectivity index (χ0n) is 13.6. The average molecular weight is 345 g/mol. The third kappa shape index (κ3) is 5.21. The molecule has 3 N–H and O–H groups in total. The van der Waals surface area contributed by atoms with Crippen molar-refractivity contribution >= 4 is 21.6 Å². The molecule has 0 atom stereocenters. The number of aromatic nitrogens is 2. The van der Waals surface area contributed by atoms with Crippen molar-refractivity contribution in [3.05, 3.63) is 42.0 Å². The summed E-state index contributed by atoms with van der Waals surface area (Å²) in [6.07, 6.45) is 6.63. The molecule has 2 heterocycles. The van der Waals surface area contributed by atoms with Gasteiger partial charge in [-0.1, -0.05) is 29.5 Å². The van der Waals surface area contributed by atoms with Crippen LogP contribution in [-0.4, -0.2) is 41.3 Å². The minimum Gasteiger partial charge on any atom is -0.490 e. The number of nitrogen functional groups attached to an aromatic ring is 1. The lowest BCUT2D eigenvalue weighted by molar-refractivity contribution is 0.328. The molecule has 1 aromatic carbocycles. The zero-order chi connectivity index (χ0) is 16.6. The molecular formula is C17H23N5OS. The Labute approximate surface area is 146 Å². The van der Waals surface area contributed by atoms with Gasteiger partial charge in [0.25, 0.3) is 0 Å². The van der Waals surface area contributed by atoms with E-state index in [1.54, 1.807) is 0 Å². The van der Waals surface area contributed by atoms with E-state index in [1.807, 2.05) is 18.2 Å². The molecule has 0 radical (unpaired) electrons. The molecule has 0 spiro atoms. The first-order valence-corrected chi connectivity index (χ1v) is 9.03. The van der Waals surface area contributed by atoms with Crippen molar-refractivity contribution in [2.75, 3.05) is 37.3 Å². The third-order valence-corrected chi connectivity index (χ3v) is 4.54. The molecule has 1 aliphatic heterocycles. The van der Waals surface area contributed by atoms with Gasteiger partial charge >= 0.3 is 0 Å². The molecule has 7 heteroatoms. The third-order valence-electron chi connectivity index (χ3n) is 3.83. The van der Waals surface area contributed by atoms with Crippen LogP contribution in [0.15, 0.2) is 36.4 Å². The number of benzene rings is 1. The number of rotatable bonds is 8. The van der Waals surface area contributed by atoms with Crippen molar-refractivity contribution in [2.24, 2.45) is 0 Å². The molecule has 1 aliphatic rings. The number of anilines is 2. The highest BCUT2D eigenvalue weighted by molar-refractivity contribution is 7.18. The molecule has 2 aromatic rings. The fourth-order valence-electron chi connectivity index (χ4n) is 2.68. The molecule has 0 bridgehead atoms. The molecule has 0 amide bonds. The van der Waals surface area contributed by atoms with Crippen LogP contribution in [-0.2, 0) is 6.54 Å². The fourth-order valence-corrected chi connectivity index (χ4v) is 3.20. The minimum atomic E-state index is 0.471. The zero-order valence-corrected chi connectivity index (χ0v) is 14.5. The van der Waals surface area contributed by atoms with Gasteiger partial charge in [-0.2, -0.15) is 0 Å².